The smallest absolute Gasteiger partial charge is 0.219 e. The predicted octanol–water partition coefficient (Wildman–Crippen LogP) is 1.07. The van der Waals surface area contributed by atoms with Crippen LogP contribution in [-0.4, -0.2) is 38.4 Å². The Labute approximate surface area is 141 Å². The largest absolute Gasteiger partial charge is 0.370 e. The van der Waals surface area contributed by atoms with Gasteiger partial charge in [-0.15, -0.1) is 0 Å². The molecular formula is C16H24N6O2. The summed E-state index contributed by atoms with van der Waals surface area (Å²) in [4.78, 5) is 15.3. The fourth-order valence-electron chi connectivity index (χ4n) is 3.03. The van der Waals surface area contributed by atoms with E-state index in [2.05, 4.69) is 15.4 Å². The average molecular weight is 332 g/mol. The van der Waals surface area contributed by atoms with Crippen molar-refractivity contribution in [3.8, 4) is 0 Å². The Balaban J connectivity index is 1.58. The van der Waals surface area contributed by atoms with Crippen LogP contribution in [0.2, 0.25) is 0 Å². The third kappa shape index (κ3) is 3.94. The molecule has 130 valence electrons. The van der Waals surface area contributed by atoms with Crippen LogP contribution in [0.4, 0.5) is 5.82 Å². The SMILES string of the molecule is Cn1ccnc1[C@@H]1OCCC[C@H]1CNc1ccn(CCC(N)=O)n1. The summed E-state index contributed by atoms with van der Waals surface area (Å²) in [6.07, 6.45) is 8.03. The van der Waals surface area contributed by atoms with Gasteiger partial charge in [0.15, 0.2) is 0 Å². The molecular weight excluding hydrogens is 308 g/mol. The molecule has 24 heavy (non-hydrogen) atoms. The molecule has 0 saturated carbocycles. The van der Waals surface area contributed by atoms with E-state index in [4.69, 9.17) is 10.5 Å². The highest BCUT2D eigenvalue weighted by molar-refractivity contribution is 5.73. The lowest BCUT2D eigenvalue weighted by Gasteiger charge is -2.31. The highest BCUT2D eigenvalue weighted by Gasteiger charge is 2.30. The number of nitrogens with two attached hydrogens (primary N) is 1. The minimum Gasteiger partial charge on any atom is -0.370 e. The van der Waals surface area contributed by atoms with Gasteiger partial charge in [0.25, 0.3) is 0 Å². The number of nitrogens with one attached hydrogen (secondary N) is 1. The van der Waals surface area contributed by atoms with Crippen LogP contribution in [0.15, 0.2) is 24.7 Å². The number of carbonyl (C=O) groups is 1. The van der Waals surface area contributed by atoms with Crippen molar-refractivity contribution >= 4 is 11.7 Å². The van der Waals surface area contributed by atoms with E-state index in [0.717, 1.165) is 37.6 Å². The van der Waals surface area contributed by atoms with E-state index >= 15 is 0 Å². The van der Waals surface area contributed by atoms with Gasteiger partial charge in [0, 0.05) is 63.7 Å². The molecule has 1 fully saturated rings. The highest BCUT2D eigenvalue weighted by Crippen LogP contribution is 2.32. The maximum Gasteiger partial charge on any atom is 0.219 e. The molecule has 3 N–H and O–H groups in total. The maximum absolute atomic E-state index is 10.8. The Morgan fingerprint density at radius 2 is 2.38 bits per heavy atom. The molecule has 0 bridgehead atoms. The van der Waals surface area contributed by atoms with Gasteiger partial charge in [0.1, 0.15) is 17.7 Å². The first-order valence-electron chi connectivity index (χ1n) is 8.28. The summed E-state index contributed by atoms with van der Waals surface area (Å²) in [7, 11) is 1.99. The number of hydrogen-bond donors (Lipinski definition) is 2. The number of anilines is 1. The first-order chi connectivity index (χ1) is 11.6. The van der Waals surface area contributed by atoms with Crippen molar-refractivity contribution in [1.29, 1.82) is 0 Å². The second-order valence-corrected chi connectivity index (χ2v) is 6.15. The topological polar surface area (TPSA) is 100.0 Å². The average Bonchev–Trinajstić information content (AvgIpc) is 3.20. The van der Waals surface area contributed by atoms with Crippen molar-refractivity contribution < 1.29 is 9.53 Å². The predicted molar refractivity (Wildman–Crippen MR) is 89.2 cm³/mol. The van der Waals surface area contributed by atoms with Crippen molar-refractivity contribution in [2.45, 2.75) is 31.9 Å². The molecule has 0 spiro atoms. The molecule has 0 radical (unpaired) electrons. The number of amides is 1. The summed E-state index contributed by atoms with van der Waals surface area (Å²) in [5.41, 5.74) is 5.16. The van der Waals surface area contributed by atoms with E-state index in [-0.39, 0.29) is 12.0 Å². The van der Waals surface area contributed by atoms with Crippen LogP contribution in [0.3, 0.4) is 0 Å². The third-order valence-corrected chi connectivity index (χ3v) is 4.33. The first kappa shape index (κ1) is 16.5. The lowest BCUT2D eigenvalue weighted by Crippen LogP contribution is -2.30. The summed E-state index contributed by atoms with van der Waals surface area (Å²) in [5, 5.41) is 7.78. The van der Waals surface area contributed by atoms with Gasteiger partial charge in [0.2, 0.25) is 5.91 Å². The van der Waals surface area contributed by atoms with Crippen LogP contribution in [0.5, 0.6) is 0 Å². The first-order valence-corrected chi connectivity index (χ1v) is 8.28. The van der Waals surface area contributed by atoms with Gasteiger partial charge in [-0.25, -0.2) is 4.98 Å². The number of aromatic nitrogens is 4. The van der Waals surface area contributed by atoms with Crippen LogP contribution in [-0.2, 0) is 23.1 Å². The van der Waals surface area contributed by atoms with E-state index < -0.39 is 0 Å². The van der Waals surface area contributed by atoms with Crippen molar-refractivity contribution in [2.75, 3.05) is 18.5 Å². The summed E-state index contributed by atoms with van der Waals surface area (Å²) in [5.74, 6) is 1.78. The van der Waals surface area contributed by atoms with E-state index in [1.807, 2.05) is 30.1 Å². The molecule has 2 aromatic heterocycles. The second-order valence-electron chi connectivity index (χ2n) is 6.15. The fourth-order valence-corrected chi connectivity index (χ4v) is 3.03. The van der Waals surface area contributed by atoms with Crippen LogP contribution >= 0.6 is 0 Å². The Bertz CT molecular complexity index is 680. The Morgan fingerprint density at radius 1 is 1.50 bits per heavy atom. The summed E-state index contributed by atoms with van der Waals surface area (Å²) < 4.78 is 9.71. The Morgan fingerprint density at radius 3 is 3.12 bits per heavy atom. The Kier molecular flexibility index (Phi) is 5.14. The van der Waals surface area contributed by atoms with Crippen LogP contribution in [0, 0.1) is 5.92 Å². The Hall–Kier alpha value is -2.35. The van der Waals surface area contributed by atoms with Gasteiger partial charge in [-0.3, -0.25) is 9.48 Å². The summed E-state index contributed by atoms with van der Waals surface area (Å²) in [6.45, 7) is 2.04. The number of hydrogen-bond acceptors (Lipinski definition) is 5. The number of aryl methyl sites for hydroxylation is 2. The maximum atomic E-state index is 10.8. The lowest BCUT2D eigenvalue weighted by molar-refractivity contribution is -0.118. The third-order valence-electron chi connectivity index (χ3n) is 4.33. The molecule has 2 aromatic rings. The van der Waals surface area contributed by atoms with Crippen LogP contribution in [0.25, 0.3) is 0 Å². The second kappa shape index (κ2) is 7.48. The molecule has 8 nitrogen and oxygen atoms in total. The number of imidazole rings is 1. The molecule has 1 saturated heterocycles. The molecule has 2 atom stereocenters. The summed E-state index contributed by atoms with van der Waals surface area (Å²) in [6, 6.07) is 1.90. The lowest BCUT2D eigenvalue weighted by atomic mass is 9.93. The van der Waals surface area contributed by atoms with Crippen molar-refractivity contribution in [3.63, 3.8) is 0 Å². The molecule has 3 rings (SSSR count). The zero-order valence-corrected chi connectivity index (χ0v) is 13.9. The van der Waals surface area contributed by atoms with E-state index in [9.17, 15) is 4.79 Å². The number of ether oxygens (including phenoxy) is 1. The molecule has 1 amide bonds. The number of rotatable bonds is 7. The zero-order valence-electron chi connectivity index (χ0n) is 13.9. The standard InChI is InChI=1S/C16H24N6O2/c1-21-9-6-18-16(21)15-12(3-2-10-24-15)11-19-14-5-8-22(20-14)7-4-13(17)23/h5-6,8-9,12,15H,2-4,7,10-11H2,1H3,(H2,17,23)(H,19,20)/t12-,15+/m0/s1. The number of nitrogens with zero attached hydrogens (tertiary/aromatic N) is 4. The quantitative estimate of drug-likeness (QED) is 0.790. The van der Waals surface area contributed by atoms with Crippen molar-refractivity contribution in [2.24, 2.45) is 18.7 Å². The molecule has 0 aromatic carbocycles. The normalized spacial score (nSPS) is 20.9. The summed E-state index contributed by atoms with van der Waals surface area (Å²) >= 11 is 0. The van der Waals surface area contributed by atoms with Gasteiger partial charge in [-0.1, -0.05) is 0 Å². The number of primary amides is 1. The monoisotopic (exact) mass is 332 g/mol. The molecule has 0 aliphatic carbocycles. The van der Waals surface area contributed by atoms with Gasteiger partial charge in [0.05, 0.1) is 0 Å². The highest BCUT2D eigenvalue weighted by atomic mass is 16.5. The molecule has 8 heteroatoms. The molecule has 1 aliphatic rings. The molecule has 1 aliphatic heterocycles. The van der Waals surface area contributed by atoms with Gasteiger partial charge in [-0.05, 0) is 12.8 Å². The number of carbonyl (C=O) groups excluding carboxylic acids is 1. The minimum absolute atomic E-state index is 0.00296. The minimum atomic E-state index is -0.322. The van der Waals surface area contributed by atoms with Crippen LogP contribution < -0.4 is 11.1 Å². The molecule has 0 unspecified atom stereocenters. The van der Waals surface area contributed by atoms with Gasteiger partial charge < -0.3 is 20.4 Å². The van der Waals surface area contributed by atoms with Crippen molar-refractivity contribution in [3.05, 3.63) is 30.5 Å². The molecule has 3 heterocycles. The van der Waals surface area contributed by atoms with Crippen molar-refractivity contribution in [1.82, 2.24) is 19.3 Å². The zero-order chi connectivity index (χ0) is 16.9. The van der Waals surface area contributed by atoms with E-state index in [1.165, 1.54) is 0 Å². The van der Waals surface area contributed by atoms with Crippen LogP contribution in [0.1, 0.15) is 31.2 Å². The van der Waals surface area contributed by atoms with E-state index in [0.29, 0.717) is 18.9 Å². The van der Waals surface area contributed by atoms with E-state index in [1.54, 1.807) is 10.9 Å². The van der Waals surface area contributed by atoms with Gasteiger partial charge in [-0.2, -0.15) is 5.10 Å². The fraction of sp³-hybridized carbons (Fsp3) is 0.562. The van der Waals surface area contributed by atoms with Gasteiger partial charge >= 0.3 is 0 Å².